The minimum absolute atomic E-state index is 0.0830. The largest absolute Gasteiger partial charge is 0.492 e. The normalized spacial score (nSPS) is 11.9. The van der Waals surface area contributed by atoms with Crippen LogP contribution in [0.5, 0.6) is 11.5 Å². The summed E-state index contributed by atoms with van der Waals surface area (Å²) in [6, 6.07) is 8.99. The summed E-state index contributed by atoms with van der Waals surface area (Å²) in [6.07, 6.45) is 21.2. The van der Waals surface area contributed by atoms with Crippen molar-refractivity contribution in [2.45, 2.75) is 150 Å². The summed E-state index contributed by atoms with van der Waals surface area (Å²) in [4.78, 5) is 17.3. The number of halogens is 1. The first-order chi connectivity index (χ1) is 27.4. The van der Waals surface area contributed by atoms with Gasteiger partial charge in [0.05, 0.1) is 34.1 Å². The van der Waals surface area contributed by atoms with E-state index in [4.69, 9.17) is 14.2 Å². The van der Waals surface area contributed by atoms with E-state index in [1.165, 1.54) is 99.7 Å². The number of carbonyl (C=O) groups is 1. The Morgan fingerprint density at radius 2 is 1.16 bits per heavy atom. The lowest BCUT2D eigenvalue weighted by Gasteiger charge is -2.16. The summed E-state index contributed by atoms with van der Waals surface area (Å²) < 4.78 is 38.5. The van der Waals surface area contributed by atoms with E-state index in [-0.39, 0.29) is 4.88 Å². The molecular weight excluding hydrogens is 776 g/mol. The van der Waals surface area contributed by atoms with E-state index in [1.807, 2.05) is 6.92 Å². The van der Waals surface area contributed by atoms with E-state index in [1.54, 1.807) is 34.0 Å². The van der Waals surface area contributed by atoms with Gasteiger partial charge in [-0.15, -0.1) is 45.3 Å². The first kappa shape index (κ1) is 42.9. The zero-order chi connectivity index (χ0) is 39.4. The molecule has 0 bridgehead atoms. The lowest BCUT2D eigenvalue weighted by atomic mass is 10.0. The van der Waals surface area contributed by atoms with Crippen molar-refractivity contribution in [3.05, 3.63) is 44.7 Å². The number of esters is 1. The molecule has 0 unspecified atom stereocenters. The Hall–Kier alpha value is -2.72. The molecule has 0 aliphatic heterocycles. The van der Waals surface area contributed by atoms with Gasteiger partial charge >= 0.3 is 5.97 Å². The van der Waals surface area contributed by atoms with Crippen molar-refractivity contribution >= 4 is 92.3 Å². The second-order valence-corrected chi connectivity index (χ2v) is 20.0. The molecule has 0 saturated heterocycles. The monoisotopic (exact) mass is 836 g/mol. The summed E-state index contributed by atoms with van der Waals surface area (Å²) in [5.41, 5.74) is 0. The van der Waals surface area contributed by atoms with Crippen molar-refractivity contribution in [1.29, 1.82) is 0 Å². The highest BCUT2D eigenvalue weighted by molar-refractivity contribution is 7.30. The van der Waals surface area contributed by atoms with Gasteiger partial charge in [-0.3, -0.25) is 0 Å². The average Bonchev–Trinajstić information content (AvgIpc) is 3.96. The fraction of sp³-hybridized carbons (Fsp3) is 0.553. The van der Waals surface area contributed by atoms with Crippen LogP contribution in [-0.2, 0) is 4.74 Å². The van der Waals surface area contributed by atoms with E-state index in [9.17, 15) is 4.79 Å². The highest BCUT2D eigenvalue weighted by Crippen LogP contribution is 2.51. The standard InChI is InChI=1S/C47H61FO4S4/c1-6-9-12-15-18-21-24-50-41-35-30-37-33(28-34(35)42(44-36(41)27-31(4)53-44)51-25-22-19-16-13-10-7-2)29-38(55-37)45-39-40(48)46(56-43(39)32(5)54-45)47(49)52-26-23-20-17-14-11-8-3/h27-30H,6-26H2,1-5H3. The first-order valence-corrected chi connectivity index (χ1v) is 24.7. The molecule has 0 aliphatic carbocycles. The van der Waals surface area contributed by atoms with Gasteiger partial charge in [0.25, 0.3) is 0 Å². The Morgan fingerprint density at radius 1 is 0.589 bits per heavy atom. The van der Waals surface area contributed by atoms with Crippen molar-refractivity contribution in [1.82, 2.24) is 0 Å². The van der Waals surface area contributed by atoms with Crippen molar-refractivity contribution < 1.29 is 23.4 Å². The minimum atomic E-state index is -0.549. The topological polar surface area (TPSA) is 44.8 Å². The lowest BCUT2D eigenvalue weighted by molar-refractivity contribution is 0.0499. The van der Waals surface area contributed by atoms with Crippen molar-refractivity contribution in [3.63, 3.8) is 0 Å². The van der Waals surface area contributed by atoms with Crippen LogP contribution in [0.3, 0.4) is 0 Å². The molecule has 304 valence electrons. The van der Waals surface area contributed by atoms with Gasteiger partial charge in [0.15, 0.2) is 5.82 Å². The van der Waals surface area contributed by atoms with Crippen LogP contribution in [0.1, 0.15) is 156 Å². The number of hydrogen-bond acceptors (Lipinski definition) is 8. The first-order valence-electron chi connectivity index (χ1n) is 21.4. The maximum absolute atomic E-state index is 16.3. The quantitative estimate of drug-likeness (QED) is 0.0426. The van der Waals surface area contributed by atoms with E-state index in [2.05, 4.69) is 52.0 Å². The second-order valence-electron chi connectivity index (χ2n) is 15.4. The van der Waals surface area contributed by atoms with Crippen molar-refractivity contribution in [3.8, 4) is 21.3 Å². The SMILES string of the molecule is CCCCCCCCOC(=O)c1sc2c(C)sc(-c3cc4cc5c(OCCCCCCCC)c6sc(C)cc6c(OCCCCCCCC)c5cc4s3)c2c1F. The van der Waals surface area contributed by atoms with E-state index in [0.29, 0.717) is 25.2 Å². The zero-order valence-electron chi connectivity index (χ0n) is 34.3. The molecule has 0 amide bonds. The van der Waals surface area contributed by atoms with Crippen LogP contribution in [0.2, 0.25) is 0 Å². The number of carbonyl (C=O) groups excluding carboxylic acids is 1. The van der Waals surface area contributed by atoms with Gasteiger partial charge in [0.1, 0.15) is 16.4 Å². The van der Waals surface area contributed by atoms with Gasteiger partial charge in [-0.05, 0) is 62.8 Å². The zero-order valence-corrected chi connectivity index (χ0v) is 37.6. The third kappa shape index (κ3) is 10.3. The number of benzene rings is 2. The number of thiophene rings is 4. The van der Waals surface area contributed by atoms with E-state index >= 15 is 4.39 Å². The molecule has 4 aromatic heterocycles. The van der Waals surface area contributed by atoms with Gasteiger partial charge < -0.3 is 14.2 Å². The molecule has 0 spiro atoms. The molecular formula is C47H61FO4S4. The molecule has 0 atom stereocenters. The molecule has 0 fully saturated rings. The minimum Gasteiger partial charge on any atom is -0.492 e. The Kier molecular flexibility index (Phi) is 16.3. The molecule has 0 N–H and O–H groups in total. The predicted octanol–water partition coefficient (Wildman–Crippen LogP) is 17.0. The second kappa shape index (κ2) is 21.3. The molecule has 0 aliphatic rings. The van der Waals surface area contributed by atoms with E-state index in [0.717, 1.165) is 93.9 Å². The fourth-order valence-electron chi connectivity index (χ4n) is 7.64. The van der Waals surface area contributed by atoms with Gasteiger partial charge in [0.2, 0.25) is 0 Å². The molecule has 0 saturated carbocycles. The number of ether oxygens (including phenoxy) is 3. The molecule has 4 nitrogen and oxygen atoms in total. The molecule has 0 radical (unpaired) electrons. The summed E-state index contributed by atoms with van der Waals surface area (Å²) in [6.45, 7) is 12.6. The highest BCUT2D eigenvalue weighted by atomic mass is 32.1. The van der Waals surface area contributed by atoms with Crippen molar-refractivity contribution in [2.24, 2.45) is 0 Å². The van der Waals surface area contributed by atoms with Crippen LogP contribution in [0.25, 0.3) is 50.8 Å². The number of aryl methyl sites for hydroxylation is 2. The van der Waals surface area contributed by atoms with Crippen LogP contribution in [0.4, 0.5) is 4.39 Å². The number of unbranched alkanes of at least 4 members (excludes halogenated alkanes) is 15. The average molecular weight is 837 g/mol. The third-order valence-electron chi connectivity index (χ3n) is 10.7. The van der Waals surface area contributed by atoms with Crippen molar-refractivity contribution in [2.75, 3.05) is 19.8 Å². The van der Waals surface area contributed by atoms with Crippen LogP contribution in [-0.4, -0.2) is 25.8 Å². The summed E-state index contributed by atoms with van der Waals surface area (Å²) >= 11 is 6.30. The number of rotatable bonds is 25. The van der Waals surface area contributed by atoms with Gasteiger partial charge in [-0.1, -0.05) is 117 Å². The molecule has 56 heavy (non-hydrogen) atoms. The van der Waals surface area contributed by atoms with E-state index < -0.39 is 11.8 Å². The van der Waals surface area contributed by atoms with Crippen LogP contribution in [0.15, 0.2) is 24.3 Å². The molecule has 6 rings (SSSR count). The van der Waals surface area contributed by atoms with Crippen LogP contribution >= 0.6 is 45.3 Å². The molecule has 6 aromatic rings. The smallest absolute Gasteiger partial charge is 0.351 e. The highest BCUT2D eigenvalue weighted by Gasteiger charge is 2.27. The summed E-state index contributed by atoms with van der Waals surface area (Å²) in [5, 5.41) is 4.92. The molecule has 4 heterocycles. The number of fused-ring (bicyclic) bond motifs is 4. The Morgan fingerprint density at radius 3 is 1.80 bits per heavy atom. The van der Waals surface area contributed by atoms with Gasteiger partial charge in [-0.2, -0.15) is 0 Å². The predicted molar refractivity (Wildman–Crippen MR) is 244 cm³/mol. The fourth-order valence-corrected chi connectivity index (χ4v) is 12.2. The van der Waals surface area contributed by atoms with Crippen LogP contribution in [0, 0.1) is 19.7 Å². The number of hydrogen-bond donors (Lipinski definition) is 0. The molecule has 2 aromatic carbocycles. The Balaban J connectivity index is 1.32. The maximum Gasteiger partial charge on any atom is 0.351 e. The maximum atomic E-state index is 16.3. The molecule has 9 heteroatoms. The third-order valence-corrected chi connectivity index (χ3v) is 15.6. The Bertz CT molecular complexity index is 2090. The lowest BCUT2D eigenvalue weighted by Crippen LogP contribution is -2.06. The Labute approximate surface area is 349 Å². The summed E-state index contributed by atoms with van der Waals surface area (Å²) in [5.74, 6) is 0.892. The summed E-state index contributed by atoms with van der Waals surface area (Å²) in [7, 11) is 0. The van der Waals surface area contributed by atoms with Gasteiger partial charge in [0, 0.05) is 40.9 Å². The van der Waals surface area contributed by atoms with Gasteiger partial charge in [-0.25, -0.2) is 9.18 Å². The van der Waals surface area contributed by atoms with Crippen LogP contribution < -0.4 is 9.47 Å².